The maximum atomic E-state index is 12.9. The molecule has 1 heterocycles. The Morgan fingerprint density at radius 1 is 1.04 bits per heavy atom. The van der Waals surface area contributed by atoms with E-state index in [1.807, 2.05) is 36.5 Å². The van der Waals surface area contributed by atoms with Crippen molar-refractivity contribution in [1.82, 2.24) is 9.78 Å². The minimum Gasteiger partial charge on any atom is -0.332 e. The number of nitrogens with zero attached hydrogens (tertiary/aromatic N) is 2. The Morgan fingerprint density at radius 3 is 2.46 bits per heavy atom. The van der Waals surface area contributed by atoms with E-state index in [0.717, 1.165) is 5.56 Å². The highest BCUT2D eigenvalue weighted by Gasteiger charge is 2.03. The van der Waals surface area contributed by atoms with Crippen LogP contribution in [0.3, 0.4) is 0 Å². The standard InChI is InChI=1S/C17H14ClFN4S/c18-13-3-1-12(2-4-13)11-23-10-9-16(22-23)21-17(24)20-15-7-5-14(19)6-8-15/h1-10H,11H2,(H2,20,21,22,24). The highest BCUT2D eigenvalue weighted by atomic mass is 35.5. The van der Waals surface area contributed by atoms with Crippen molar-refractivity contribution in [2.75, 3.05) is 10.6 Å². The maximum Gasteiger partial charge on any atom is 0.176 e. The van der Waals surface area contributed by atoms with Gasteiger partial charge in [0.25, 0.3) is 0 Å². The molecule has 0 radical (unpaired) electrons. The van der Waals surface area contributed by atoms with Gasteiger partial charge in [0, 0.05) is 23.0 Å². The second-order valence-corrected chi connectivity index (χ2v) is 5.96. The third kappa shape index (κ3) is 4.53. The summed E-state index contributed by atoms with van der Waals surface area (Å²) in [5.74, 6) is 0.337. The summed E-state index contributed by atoms with van der Waals surface area (Å²) in [6.45, 7) is 0.636. The highest BCUT2D eigenvalue weighted by Crippen LogP contribution is 2.12. The maximum absolute atomic E-state index is 12.9. The molecule has 0 saturated heterocycles. The Labute approximate surface area is 149 Å². The Morgan fingerprint density at radius 2 is 1.75 bits per heavy atom. The Hall–Kier alpha value is -2.44. The molecule has 0 unspecified atom stereocenters. The normalized spacial score (nSPS) is 10.4. The number of hydrogen-bond acceptors (Lipinski definition) is 2. The van der Waals surface area contributed by atoms with Crippen LogP contribution in [-0.2, 0) is 6.54 Å². The molecule has 0 atom stereocenters. The number of halogens is 2. The van der Waals surface area contributed by atoms with Crippen LogP contribution in [0.4, 0.5) is 15.9 Å². The van der Waals surface area contributed by atoms with Gasteiger partial charge in [-0.15, -0.1) is 0 Å². The van der Waals surface area contributed by atoms with Gasteiger partial charge < -0.3 is 10.6 Å². The Balaban J connectivity index is 1.58. The second kappa shape index (κ2) is 7.42. The molecule has 3 aromatic rings. The van der Waals surface area contributed by atoms with E-state index in [2.05, 4.69) is 15.7 Å². The summed E-state index contributed by atoms with van der Waals surface area (Å²) in [6, 6.07) is 15.4. The summed E-state index contributed by atoms with van der Waals surface area (Å²) in [7, 11) is 0. The van der Waals surface area contributed by atoms with E-state index in [-0.39, 0.29) is 5.82 Å². The number of nitrogens with one attached hydrogen (secondary N) is 2. The van der Waals surface area contributed by atoms with Gasteiger partial charge in [0.05, 0.1) is 6.54 Å². The summed E-state index contributed by atoms with van der Waals surface area (Å²) in [5.41, 5.74) is 1.80. The van der Waals surface area contributed by atoms with Gasteiger partial charge in [0.15, 0.2) is 10.9 Å². The summed E-state index contributed by atoms with van der Waals surface area (Å²) in [6.07, 6.45) is 1.86. The van der Waals surface area contributed by atoms with Gasteiger partial charge in [-0.05, 0) is 54.2 Å². The first kappa shape index (κ1) is 16.4. The summed E-state index contributed by atoms with van der Waals surface area (Å²) >= 11 is 11.1. The van der Waals surface area contributed by atoms with E-state index >= 15 is 0 Å². The zero-order valence-electron chi connectivity index (χ0n) is 12.5. The van der Waals surface area contributed by atoms with Crippen molar-refractivity contribution in [3.63, 3.8) is 0 Å². The molecule has 4 nitrogen and oxygen atoms in total. The molecule has 0 fully saturated rings. The van der Waals surface area contributed by atoms with Crippen molar-refractivity contribution in [3.8, 4) is 0 Å². The molecule has 1 aromatic heterocycles. The fourth-order valence-electron chi connectivity index (χ4n) is 2.11. The molecule has 0 bridgehead atoms. The second-order valence-electron chi connectivity index (χ2n) is 5.11. The molecule has 0 saturated carbocycles. The smallest absolute Gasteiger partial charge is 0.176 e. The third-order valence-corrected chi connectivity index (χ3v) is 3.70. The molecule has 0 spiro atoms. The van der Waals surface area contributed by atoms with Crippen LogP contribution in [0, 0.1) is 5.82 Å². The zero-order chi connectivity index (χ0) is 16.9. The number of anilines is 2. The molecule has 24 heavy (non-hydrogen) atoms. The molecule has 2 N–H and O–H groups in total. The van der Waals surface area contributed by atoms with E-state index in [1.165, 1.54) is 12.1 Å². The van der Waals surface area contributed by atoms with E-state index in [9.17, 15) is 4.39 Å². The van der Waals surface area contributed by atoms with Gasteiger partial charge in [-0.3, -0.25) is 4.68 Å². The van der Waals surface area contributed by atoms with Crippen molar-refractivity contribution in [1.29, 1.82) is 0 Å². The molecule has 0 aliphatic rings. The Kier molecular flexibility index (Phi) is 5.08. The molecule has 2 aromatic carbocycles. The summed E-state index contributed by atoms with van der Waals surface area (Å²) < 4.78 is 14.7. The quantitative estimate of drug-likeness (QED) is 0.671. The van der Waals surface area contributed by atoms with E-state index < -0.39 is 0 Å². The van der Waals surface area contributed by atoms with Gasteiger partial charge in [-0.2, -0.15) is 5.10 Å². The minimum absolute atomic E-state index is 0.291. The lowest BCUT2D eigenvalue weighted by Gasteiger charge is -2.08. The van der Waals surface area contributed by atoms with Gasteiger partial charge in [0.2, 0.25) is 0 Å². The first-order valence-electron chi connectivity index (χ1n) is 7.20. The lowest BCUT2D eigenvalue weighted by Crippen LogP contribution is -2.19. The minimum atomic E-state index is -0.291. The molecular formula is C17H14ClFN4S. The fraction of sp³-hybridized carbons (Fsp3) is 0.0588. The predicted molar refractivity (Wildman–Crippen MR) is 99.0 cm³/mol. The van der Waals surface area contributed by atoms with Crippen LogP contribution < -0.4 is 10.6 Å². The average molecular weight is 361 g/mol. The van der Waals surface area contributed by atoms with Crippen LogP contribution in [0.15, 0.2) is 60.8 Å². The highest BCUT2D eigenvalue weighted by molar-refractivity contribution is 7.80. The zero-order valence-corrected chi connectivity index (χ0v) is 14.1. The van der Waals surface area contributed by atoms with Crippen LogP contribution >= 0.6 is 23.8 Å². The summed E-state index contributed by atoms with van der Waals surface area (Å²) in [4.78, 5) is 0. The van der Waals surface area contributed by atoms with Crippen molar-refractivity contribution < 1.29 is 4.39 Å². The van der Waals surface area contributed by atoms with E-state index in [4.69, 9.17) is 23.8 Å². The van der Waals surface area contributed by atoms with Crippen LogP contribution in [0.1, 0.15) is 5.56 Å². The van der Waals surface area contributed by atoms with E-state index in [1.54, 1.807) is 16.8 Å². The first-order chi connectivity index (χ1) is 11.6. The molecule has 3 rings (SSSR count). The van der Waals surface area contributed by atoms with Crippen molar-refractivity contribution in [2.45, 2.75) is 6.54 Å². The van der Waals surface area contributed by atoms with Gasteiger partial charge in [-0.1, -0.05) is 23.7 Å². The van der Waals surface area contributed by atoms with Crippen molar-refractivity contribution in [2.24, 2.45) is 0 Å². The number of rotatable bonds is 4. The molecule has 122 valence electrons. The van der Waals surface area contributed by atoms with Crippen LogP contribution in [-0.4, -0.2) is 14.9 Å². The van der Waals surface area contributed by atoms with Gasteiger partial charge in [-0.25, -0.2) is 4.39 Å². The molecular weight excluding hydrogens is 347 g/mol. The SMILES string of the molecule is Fc1ccc(NC(=S)Nc2ccn(Cc3ccc(Cl)cc3)n2)cc1. The molecule has 0 amide bonds. The monoisotopic (exact) mass is 360 g/mol. The van der Waals surface area contributed by atoms with Crippen LogP contribution in [0.25, 0.3) is 0 Å². The number of aromatic nitrogens is 2. The molecule has 0 aliphatic heterocycles. The lowest BCUT2D eigenvalue weighted by molar-refractivity contribution is 0.628. The molecule has 0 aliphatic carbocycles. The number of benzene rings is 2. The van der Waals surface area contributed by atoms with Crippen molar-refractivity contribution >= 4 is 40.4 Å². The predicted octanol–water partition coefficient (Wildman–Crippen LogP) is 4.53. The number of hydrogen-bond donors (Lipinski definition) is 2. The molecule has 7 heteroatoms. The summed E-state index contributed by atoms with van der Waals surface area (Å²) in [5, 5.41) is 11.5. The van der Waals surface area contributed by atoms with Gasteiger partial charge in [0.1, 0.15) is 5.82 Å². The fourth-order valence-corrected chi connectivity index (χ4v) is 2.45. The average Bonchev–Trinajstić information content (AvgIpc) is 2.99. The van der Waals surface area contributed by atoms with Gasteiger partial charge >= 0.3 is 0 Å². The lowest BCUT2D eigenvalue weighted by atomic mass is 10.2. The van der Waals surface area contributed by atoms with Crippen LogP contribution in [0.2, 0.25) is 5.02 Å². The first-order valence-corrected chi connectivity index (χ1v) is 7.98. The Bertz CT molecular complexity index is 831. The topological polar surface area (TPSA) is 41.9 Å². The largest absolute Gasteiger partial charge is 0.332 e. The van der Waals surface area contributed by atoms with Crippen LogP contribution in [0.5, 0.6) is 0 Å². The third-order valence-electron chi connectivity index (χ3n) is 3.24. The van der Waals surface area contributed by atoms with E-state index in [0.29, 0.717) is 28.2 Å². The van der Waals surface area contributed by atoms with Crippen molar-refractivity contribution in [3.05, 3.63) is 77.2 Å². The number of thiocarbonyl (C=S) groups is 1.